The average Bonchev–Trinajstić information content (AvgIpc) is 2.95. The molecule has 0 saturated heterocycles. The maximum absolute atomic E-state index is 13.0. The van der Waals surface area contributed by atoms with E-state index < -0.39 is 11.5 Å². The first-order chi connectivity index (χ1) is 12.1. The van der Waals surface area contributed by atoms with Gasteiger partial charge in [0.05, 0.1) is 12.3 Å². The van der Waals surface area contributed by atoms with E-state index in [1.165, 1.54) is 21.8 Å². The lowest BCUT2D eigenvalue weighted by molar-refractivity contribution is -0.153. The number of hydrogen-bond donors (Lipinski definition) is 0. The lowest BCUT2D eigenvalue weighted by atomic mass is 10.0. The maximum atomic E-state index is 13.0. The lowest BCUT2D eigenvalue weighted by Gasteiger charge is -2.32. The number of aromatic nitrogens is 1. The summed E-state index contributed by atoms with van der Waals surface area (Å²) in [5, 5.41) is 0.811. The number of likely N-dealkylation sites (N-methyl/N-ethyl adjacent to an activating group) is 1. The van der Waals surface area contributed by atoms with E-state index in [0.717, 1.165) is 16.1 Å². The first-order valence-corrected chi connectivity index (χ1v) is 9.41. The molecular formula is C20H26N2O3S. The fourth-order valence-electron chi connectivity index (χ4n) is 2.61. The van der Waals surface area contributed by atoms with Gasteiger partial charge in [0, 0.05) is 12.6 Å². The minimum absolute atomic E-state index is 0.228. The van der Waals surface area contributed by atoms with Crippen LogP contribution in [0.25, 0.3) is 10.6 Å². The molecule has 1 heterocycles. The standard InChI is InChI=1S/C20H26N2O3S/c1-8-25-19(24)20(5,6)22(7)18(23)16-14(4)21-17(26-16)15-10-9-12(2)11-13(15)3/h9-11H,8H2,1-7H3. The summed E-state index contributed by atoms with van der Waals surface area (Å²) >= 11 is 1.36. The molecule has 0 fully saturated rings. The molecule has 0 saturated carbocycles. The molecule has 5 nitrogen and oxygen atoms in total. The minimum atomic E-state index is -1.05. The Morgan fingerprint density at radius 3 is 2.46 bits per heavy atom. The van der Waals surface area contributed by atoms with Crippen LogP contribution in [0, 0.1) is 20.8 Å². The van der Waals surface area contributed by atoms with Crippen molar-refractivity contribution in [2.45, 2.75) is 47.1 Å². The van der Waals surface area contributed by atoms with E-state index in [2.05, 4.69) is 11.1 Å². The van der Waals surface area contributed by atoms with E-state index in [1.807, 2.05) is 32.9 Å². The highest BCUT2D eigenvalue weighted by Gasteiger charge is 2.38. The van der Waals surface area contributed by atoms with Crippen LogP contribution >= 0.6 is 11.3 Å². The lowest BCUT2D eigenvalue weighted by Crippen LogP contribution is -2.51. The molecule has 1 aromatic heterocycles. The molecule has 140 valence electrons. The Balaban J connectivity index is 2.36. The molecule has 0 bridgehead atoms. The van der Waals surface area contributed by atoms with Crippen molar-refractivity contribution in [1.29, 1.82) is 0 Å². The zero-order valence-electron chi connectivity index (χ0n) is 16.5. The number of nitrogens with zero attached hydrogens (tertiary/aromatic N) is 2. The van der Waals surface area contributed by atoms with Gasteiger partial charge in [-0.15, -0.1) is 11.3 Å². The average molecular weight is 375 g/mol. The van der Waals surface area contributed by atoms with Crippen LogP contribution in [0.3, 0.4) is 0 Å². The molecule has 0 N–H and O–H groups in total. The fourth-order valence-corrected chi connectivity index (χ4v) is 3.75. The molecule has 0 spiro atoms. The van der Waals surface area contributed by atoms with Gasteiger partial charge in [0.2, 0.25) is 0 Å². The zero-order valence-corrected chi connectivity index (χ0v) is 17.3. The number of amides is 1. The molecule has 0 aliphatic carbocycles. The third kappa shape index (κ3) is 3.80. The molecule has 0 aliphatic rings. The van der Waals surface area contributed by atoms with Gasteiger partial charge < -0.3 is 9.64 Å². The quantitative estimate of drug-likeness (QED) is 0.738. The molecule has 1 amide bonds. The molecule has 26 heavy (non-hydrogen) atoms. The monoisotopic (exact) mass is 374 g/mol. The van der Waals surface area contributed by atoms with E-state index in [9.17, 15) is 9.59 Å². The van der Waals surface area contributed by atoms with Crippen LogP contribution in [0.1, 0.15) is 47.3 Å². The summed E-state index contributed by atoms with van der Waals surface area (Å²) in [6, 6.07) is 6.17. The maximum Gasteiger partial charge on any atom is 0.331 e. The minimum Gasteiger partial charge on any atom is -0.464 e. The number of benzene rings is 1. The number of ether oxygens (including phenoxy) is 1. The van der Waals surface area contributed by atoms with Crippen molar-refractivity contribution < 1.29 is 14.3 Å². The number of rotatable bonds is 5. The van der Waals surface area contributed by atoms with Crippen molar-refractivity contribution in [2.75, 3.05) is 13.7 Å². The summed E-state index contributed by atoms with van der Waals surface area (Å²) in [5.41, 5.74) is 2.95. The van der Waals surface area contributed by atoms with E-state index in [-0.39, 0.29) is 12.5 Å². The number of aryl methyl sites for hydroxylation is 3. The number of carbonyl (C=O) groups excluding carboxylic acids is 2. The van der Waals surface area contributed by atoms with Crippen molar-refractivity contribution in [3.8, 4) is 10.6 Å². The molecular weight excluding hydrogens is 348 g/mol. The Morgan fingerprint density at radius 1 is 1.23 bits per heavy atom. The van der Waals surface area contributed by atoms with E-state index in [1.54, 1.807) is 27.8 Å². The van der Waals surface area contributed by atoms with Gasteiger partial charge in [0.15, 0.2) is 0 Å². The molecule has 2 rings (SSSR count). The first-order valence-electron chi connectivity index (χ1n) is 8.60. The van der Waals surface area contributed by atoms with E-state index in [0.29, 0.717) is 10.6 Å². The van der Waals surface area contributed by atoms with Gasteiger partial charge in [0.1, 0.15) is 15.4 Å². The van der Waals surface area contributed by atoms with E-state index >= 15 is 0 Å². The van der Waals surface area contributed by atoms with Crippen molar-refractivity contribution in [1.82, 2.24) is 9.88 Å². The predicted molar refractivity (Wildman–Crippen MR) is 105 cm³/mol. The Morgan fingerprint density at radius 2 is 1.88 bits per heavy atom. The zero-order chi connectivity index (χ0) is 19.6. The van der Waals surface area contributed by atoms with Gasteiger partial charge in [-0.05, 0) is 47.1 Å². The number of carbonyl (C=O) groups is 2. The summed E-state index contributed by atoms with van der Waals surface area (Å²) < 4.78 is 5.10. The van der Waals surface area contributed by atoms with Crippen molar-refractivity contribution >= 4 is 23.2 Å². The summed E-state index contributed by atoms with van der Waals surface area (Å²) in [6.45, 7) is 11.3. The molecule has 0 unspecified atom stereocenters. The Kier molecular flexibility index (Phi) is 5.86. The van der Waals surface area contributed by atoms with Crippen molar-refractivity contribution in [3.05, 3.63) is 39.9 Å². The molecule has 0 atom stereocenters. The molecule has 1 aromatic carbocycles. The van der Waals surface area contributed by atoms with Gasteiger partial charge in [-0.2, -0.15) is 0 Å². The van der Waals surface area contributed by atoms with Crippen LogP contribution in [0.5, 0.6) is 0 Å². The van der Waals surface area contributed by atoms with Crippen LogP contribution < -0.4 is 0 Å². The Bertz CT molecular complexity index is 840. The SMILES string of the molecule is CCOC(=O)C(C)(C)N(C)C(=O)c1sc(-c2ccc(C)cc2C)nc1C. The molecule has 2 aromatic rings. The smallest absolute Gasteiger partial charge is 0.331 e. The summed E-state index contributed by atoms with van der Waals surface area (Å²) in [7, 11) is 1.62. The normalized spacial score (nSPS) is 11.3. The molecule has 0 radical (unpaired) electrons. The largest absolute Gasteiger partial charge is 0.464 e. The summed E-state index contributed by atoms with van der Waals surface area (Å²) in [5.74, 6) is -0.651. The van der Waals surface area contributed by atoms with Gasteiger partial charge >= 0.3 is 5.97 Å². The first kappa shape index (κ1) is 20.1. The fraction of sp³-hybridized carbons (Fsp3) is 0.450. The number of esters is 1. The van der Waals surface area contributed by atoms with Crippen molar-refractivity contribution in [3.63, 3.8) is 0 Å². The van der Waals surface area contributed by atoms with Crippen LogP contribution in [0.4, 0.5) is 0 Å². The highest BCUT2D eigenvalue weighted by Crippen LogP contribution is 2.32. The highest BCUT2D eigenvalue weighted by molar-refractivity contribution is 7.17. The summed E-state index contributed by atoms with van der Waals surface area (Å²) in [4.78, 5) is 31.8. The summed E-state index contributed by atoms with van der Waals surface area (Å²) in [6.07, 6.45) is 0. The second-order valence-corrected chi connectivity index (χ2v) is 7.89. The third-order valence-electron chi connectivity index (χ3n) is 4.52. The van der Waals surface area contributed by atoms with Crippen LogP contribution in [0.2, 0.25) is 0 Å². The Labute approximate surface area is 159 Å². The van der Waals surface area contributed by atoms with Crippen molar-refractivity contribution in [2.24, 2.45) is 0 Å². The van der Waals surface area contributed by atoms with E-state index in [4.69, 9.17) is 4.74 Å². The second-order valence-electron chi connectivity index (χ2n) is 6.90. The van der Waals surface area contributed by atoms with Gasteiger partial charge in [-0.1, -0.05) is 23.8 Å². The topological polar surface area (TPSA) is 59.5 Å². The van der Waals surface area contributed by atoms with Crippen LogP contribution in [-0.4, -0.2) is 41.0 Å². The Hall–Kier alpha value is -2.21. The van der Waals surface area contributed by atoms with Gasteiger partial charge in [-0.3, -0.25) is 4.79 Å². The molecule has 0 aliphatic heterocycles. The second kappa shape index (κ2) is 7.58. The number of thiazole rings is 1. The highest BCUT2D eigenvalue weighted by atomic mass is 32.1. The molecule has 6 heteroatoms. The van der Waals surface area contributed by atoms with Crippen LogP contribution in [-0.2, 0) is 9.53 Å². The third-order valence-corrected chi connectivity index (χ3v) is 5.70. The predicted octanol–water partition coefficient (Wildman–Crippen LogP) is 4.15. The van der Waals surface area contributed by atoms with Gasteiger partial charge in [0.25, 0.3) is 5.91 Å². The van der Waals surface area contributed by atoms with Gasteiger partial charge in [-0.25, -0.2) is 9.78 Å². The number of hydrogen-bond acceptors (Lipinski definition) is 5. The van der Waals surface area contributed by atoms with Crippen LogP contribution in [0.15, 0.2) is 18.2 Å².